The quantitative estimate of drug-likeness (QED) is 0.347. The van der Waals surface area contributed by atoms with E-state index in [0.29, 0.717) is 13.0 Å². The van der Waals surface area contributed by atoms with Crippen molar-refractivity contribution in [2.45, 2.75) is 39.4 Å². The Kier molecular flexibility index (Phi) is 8.79. The van der Waals surface area contributed by atoms with Crippen LogP contribution in [-0.2, 0) is 13.0 Å². The minimum atomic E-state index is -0.0459. The van der Waals surface area contributed by atoms with Crippen LogP contribution in [0.5, 0.6) is 5.75 Å². The zero-order valence-electron chi connectivity index (χ0n) is 20.9. The van der Waals surface area contributed by atoms with E-state index in [-0.39, 0.29) is 6.17 Å². The number of nitrogens with two attached hydrogens (primary N) is 1. The summed E-state index contributed by atoms with van der Waals surface area (Å²) in [5.74, 6) is 6.86. The number of nitrogens with one attached hydrogen (secondary N) is 2. The fourth-order valence-corrected chi connectivity index (χ4v) is 4.19. The number of hydrazine groups is 1. The number of benzene rings is 2. The Balaban J connectivity index is 1.52. The van der Waals surface area contributed by atoms with Gasteiger partial charge in [0.1, 0.15) is 11.9 Å². The molecule has 6 nitrogen and oxygen atoms in total. The van der Waals surface area contributed by atoms with Crippen LogP contribution in [0.1, 0.15) is 28.7 Å². The van der Waals surface area contributed by atoms with E-state index in [0.717, 1.165) is 54.5 Å². The van der Waals surface area contributed by atoms with Crippen molar-refractivity contribution < 1.29 is 4.74 Å². The zero-order chi connectivity index (χ0) is 24.7. The fourth-order valence-electron chi connectivity index (χ4n) is 4.19. The van der Waals surface area contributed by atoms with E-state index in [2.05, 4.69) is 96.6 Å². The summed E-state index contributed by atoms with van der Waals surface area (Å²) >= 11 is 0. The molecule has 0 bridgehead atoms. The summed E-state index contributed by atoms with van der Waals surface area (Å²) in [7, 11) is 1.71. The first-order valence-corrected chi connectivity index (χ1v) is 11.7. The molecule has 0 radical (unpaired) electrons. The van der Waals surface area contributed by atoms with E-state index in [4.69, 9.17) is 10.6 Å². The molecular formula is C28H39N5O. The molecule has 2 aromatic rings. The van der Waals surface area contributed by atoms with Gasteiger partial charge in [-0.05, 0) is 43.0 Å². The first kappa shape index (κ1) is 25.4. The van der Waals surface area contributed by atoms with Crippen LogP contribution >= 0.6 is 0 Å². The Hall–Kier alpha value is -3.22. The fraction of sp³-hybridized carbons (Fsp3) is 0.357. The molecule has 4 N–H and O–H groups in total. The smallest absolute Gasteiger partial charge is 0.122 e. The molecule has 6 heteroatoms. The molecule has 1 aliphatic heterocycles. The van der Waals surface area contributed by atoms with Crippen molar-refractivity contribution in [2.24, 2.45) is 5.84 Å². The number of rotatable bonds is 11. The lowest BCUT2D eigenvalue weighted by Crippen LogP contribution is -2.59. The van der Waals surface area contributed by atoms with Crippen molar-refractivity contribution in [2.75, 3.05) is 26.7 Å². The van der Waals surface area contributed by atoms with Gasteiger partial charge in [0, 0.05) is 36.6 Å². The van der Waals surface area contributed by atoms with Crippen molar-refractivity contribution in [3.8, 4) is 5.75 Å². The second kappa shape index (κ2) is 11.8. The van der Waals surface area contributed by atoms with E-state index in [1.807, 2.05) is 0 Å². The van der Waals surface area contributed by atoms with Crippen LogP contribution in [0, 0.1) is 13.8 Å². The molecule has 1 unspecified atom stereocenters. The lowest BCUT2D eigenvalue weighted by molar-refractivity contribution is 0.117. The summed E-state index contributed by atoms with van der Waals surface area (Å²) in [5.41, 5.74) is 10.8. The zero-order valence-corrected chi connectivity index (χ0v) is 20.9. The van der Waals surface area contributed by atoms with E-state index in [1.54, 1.807) is 7.11 Å². The Labute approximate surface area is 204 Å². The summed E-state index contributed by atoms with van der Waals surface area (Å²) in [6.07, 6.45) is 1.52. The van der Waals surface area contributed by atoms with Gasteiger partial charge in [0.05, 0.1) is 20.2 Å². The van der Waals surface area contributed by atoms with Gasteiger partial charge >= 0.3 is 0 Å². The Morgan fingerprint density at radius 3 is 2.50 bits per heavy atom. The van der Waals surface area contributed by atoms with E-state index >= 15 is 0 Å². The topological polar surface area (TPSA) is 65.8 Å². The van der Waals surface area contributed by atoms with Crippen molar-refractivity contribution in [3.63, 3.8) is 0 Å². The molecule has 0 aliphatic carbocycles. The highest BCUT2D eigenvalue weighted by Gasteiger charge is 2.28. The standard InChI is InChI=1S/C28H39N5O/c1-20-7-10-26(11-8-20)17-30-22(3)15-23(4)33-18-24(5)32(19-28(33)31-29)14-13-25-12-9-21(2)27(16-25)34-6/h7-12,16,28,30-31H,3-5,13-15,17-19,29H2,1-2,6H3. The predicted molar refractivity (Wildman–Crippen MR) is 141 cm³/mol. The first-order valence-electron chi connectivity index (χ1n) is 11.7. The van der Waals surface area contributed by atoms with Crippen LogP contribution in [0.25, 0.3) is 0 Å². The van der Waals surface area contributed by atoms with Gasteiger partial charge < -0.3 is 19.9 Å². The number of ether oxygens (including phenoxy) is 1. The molecule has 182 valence electrons. The highest BCUT2D eigenvalue weighted by atomic mass is 16.5. The number of methoxy groups -OCH3 is 1. The molecule has 0 spiro atoms. The molecule has 0 amide bonds. The molecule has 3 rings (SSSR count). The molecule has 1 saturated heterocycles. The van der Waals surface area contributed by atoms with Gasteiger partial charge in [0.2, 0.25) is 0 Å². The van der Waals surface area contributed by atoms with Crippen LogP contribution in [-0.4, -0.2) is 42.7 Å². The number of aryl methyl sites for hydroxylation is 2. The monoisotopic (exact) mass is 461 g/mol. The maximum absolute atomic E-state index is 5.93. The van der Waals surface area contributed by atoms with Gasteiger partial charge in [-0.25, -0.2) is 5.43 Å². The van der Waals surface area contributed by atoms with Crippen molar-refractivity contribution >= 4 is 0 Å². The van der Waals surface area contributed by atoms with Gasteiger partial charge in [-0.2, -0.15) is 0 Å². The van der Waals surface area contributed by atoms with E-state index < -0.39 is 0 Å². The van der Waals surface area contributed by atoms with E-state index in [1.165, 1.54) is 16.7 Å². The number of hydrogen-bond acceptors (Lipinski definition) is 6. The molecule has 0 saturated carbocycles. The van der Waals surface area contributed by atoms with Crippen LogP contribution in [0.15, 0.2) is 79.3 Å². The largest absolute Gasteiger partial charge is 0.496 e. The average Bonchev–Trinajstić information content (AvgIpc) is 2.83. The summed E-state index contributed by atoms with van der Waals surface area (Å²) < 4.78 is 5.47. The lowest BCUT2D eigenvalue weighted by atomic mass is 10.1. The summed E-state index contributed by atoms with van der Waals surface area (Å²) in [5, 5.41) is 3.42. The minimum Gasteiger partial charge on any atom is -0.496 e. The van der Waals surface area contributed by atoms with Gasteiger partial charge in [0.15, 0.2) is 0 Å². The van der Waals surface area contributed by atoms with Gasteiger partial charge in [-0.3, -0.25) is 5.84 Å². The Morgan fingerprint density at radius 1 is 1.12 bits per heavy atom. The molecule has 2 aromatic carbocycles. The SMILES string of the molecule is C=C(CC(=C)N1CC(=C)N(CCc2ccc(C)c(OC)c2)CC1NN)NCc1ccc(C)cc1. The maximum atomic E-state index is 5.93. The molecule has 34 heavy (non-hydrogen) atoms. The summed E-state index contributed by atoms with van der Waals surface area (Å²) in [6.45, 7) is 20.0. The maximum Gasteiger partial charge on any atom is 0.122 e. The third-order valence-electron chi connectivity index (χ3n) is 6.39. The third kappa shape index (κ3) is 6.65. The highest BCUT2D eigenvalue weighted by molar-refractivity contribution is 5.36. The van der Waals surface area contributed by atoms with Gasteiger partial charge in [-0.1, -0.05) is 61.7 Å². The van der Waals surface area contributed by atoms with Crippen molar-refractivity contribution in [1.29, 1.82) is 0 Å². The molecule has 1 aliphatic rings. The van der Waals surface area contributed by atoms with Crippen LogP contribution < -0.4 is 21.3 Å². The van der Waals surface area contributed by atoms with Crippen molar-refractivity contribution in [3.05, 3.63) is 102 Å². The molecule has 1 fully saturated rings. The molecule has 1 heterocycles. The molecule has 1 atom stereocenters. The predicted octanol–water partition coefficient (Wildman–Crippen LogP) is 3.98. The van der Waals surface area contributed by atoms with Crippen molar-refractivity contribution in [1.82, 2.24) is 20.5 Å². The molecule has 0 aromatic heterocycles. The lowest BCUT2D eigenvalue weighted by Gasteiger charge is -2.45. The highest BCUT2D eigenvalue weighted by Crippen LogP contribution is 2.24. The van der Waals surface area contributed by atoms with E-state index in [9.17, 15) is 0 Å². The average molecular weight is 462 g/mol. The van der Waals surface area contributed by atoms with Crippen LogP contribution in [0.4, 0.5) is 0 Å². The second-order valence-corrected chi connectivity index (χ2v) is 9.06. The van der Waals surface area contributed by atoms with Gasteiger partial charge in [0.25, 0.3) is 0 Å². The second-order valence-electron chi connectivity index (χ2n) is 9.06. The Morgan fingerprint density at radius 2 is 1.82 bits per heavy atom. The first-order chi connectivity index (χ1) is 16.3. The van der Waals surface area contributed by atoms with Gasteiger partial charge in [-0.15, -0.1) is 0 Å². The number of nitrogens with zero attached hydrogens (tertiary/aromatic N) is 2. The van der Waals surface area contributed by atoms with Crippen LogP contribution in [0.2, 0.25) is 0 Å². The summed E-state index contributed by atoms with van der Waals surface area (Å²) in [6, 6.07) is 14.9. The number of piperazine rings is 1. The molecular weight excluding hydrogens is 422 g/mol. The minimum absolute atomic E-state index is 0.0459. The third-order valence-corrected chi connectivity index (χ3v) is 6.39. The summed E-state index contributed by atoms with van der Waals surface area (Å²) in [4.78, 5) is 4.48. The van der Waals surface area contributed by atoms with Crippen LogP contribution in [0.3, 0.4) is 0 Å². The number of hydrogen-bond donors (Lipinski definition) is 3. The normalized spacial score (nSPS) is 15.9. The Bertz CT molecular complexity index is 1010.